The van der Waals surface area contributed by atoms with Crippen LogP contribution in [-0.4, -0.2) is 25.4 Å². The molecule has 6 heteroatoms. The van der Waals surface area contributed by atoms with E-state index in [1.54, 1.807) is 41.6 Å². The molecule has 104 valence electrons. The van der Waals surface area contributed by atoms with Gasteiger partial charge in [-0.1, -0.05) is 0 Å². The Hall–Kier alpha value is -3.02. The number of imidazole rings is 1. The van der Waals surface area contributed by atoms with Gasteiger partial charge in [-0.05, 0) is 36.8 Å². The number of anilines is 1. The summed E-state index contributed by atoms with van der Waals surface area (Å²) in [5.41, 5.74) is 1.51. The lowest BCUT2D eigenvalue weighted by Crippen LogP contribution is -2.13. The molecule has 1 amide bonds. The van der Waals surface area contributed by atoms with E-state index in [0.717, 1.165) is 5.56 Å². The second-order valence-corrected chi connectivity index (χ2v) is 4.55. The summed E-state index contributed by atoms with van der Waals surface area (Å²) in [5.74, 6) is 0.995. The van der Waals surface area contributed by atoms with Gasteiger partial charge in [-0.25, -0.2) is 15.0 Å². The van der Waals surface area contributed by atoms with Gasteiger partial charge in [-0.15, -0.1) is 0 Å². The molecule has 0 atom stereocenters. The average Bonchev–Trinajstić information content (AvgIpc) is 3.01. The Morgan fingerprint density at radius 3 is 2.76 bits per heavy atom. The maximum Gasteiger partial charge on any atom is 0.258 e. The minimum atomic E-state index is -0.238. The summed E-state index contributed by atoms with van der Waals surface area (Å²) < 4.78 is 1.77. The minimum Gasteiger partial charge on any atom is -0.307 e. The molecule has 0 spiro atoms. The monoisotopic (exact) mass is 279 g/mol. The van der Waals surface area contributed by atoms with E-state index < -0.39 is 0 Å². The van der Waals surface area contributed by atoms with Crippen LogP contribution >= 0.6 is 0 Å². The first-order valence-electron chi connectivity index (χ1n) is 6.41. The first-order chi connectivity index (χ1) is 10.2. The van der Waals surface area contributed by atoms with Crippen LogP contribution in [0.5, 0.6) is 0 Å². The van der Waals surface area contributed by atoms with Gasteiger partial charge in [0, 0.05) is 24.8 Å². The van der Waals surface area contributed by atoms with Crippen LogP contribution in [0.25, 0.3) is 5.82 Å². The molecule has 3 rings (SSSR count). The van der Waals surface area contributed by atoms with Crippen molar-refractivity contribution in [2.75, 3.05) is 5.32 Å². The summed E-state index contributed by atoms with van der Waals surface area (Å²) in [6, 6.07) is 7.16. The first-order valence-corrected chi connectivity index (χ1v) is 6.41. The molecule has 0 aliphatic rings. The average molecular weight is 279 g/mol. The Bertz CT molecular complexity index is 750. The number of hydrogen-bond acceptors (Lipinski definition) is 4. The van der Waals surface area contributed by atoms with Crippen LogP contribution in [0.4, 0.5) is 5.82 Å². The van der Waals surface area contributed by atoms with E-state index in [-0.39, 0.29) is 5.91 Å². The van der Waals surface area contributed by atoms with E-state index in [2.05, 4.69) is 20.3 Å². The van der Waals surface area contributed by atoms with Crippen molar-refractivity contribution in [1.82, 2.24) is 19.5 Å². The fraction of sp³-hybridized carbons (Fsp3) is 0.0667. The predicted molar refractivity (Wildman–Crippen MR) is 78.3 cm³/mol. The summed E-state index contributed by atoms with van der Waals surface area (Å²) >= 11 is 0. The highest BCUT2D eigenvalue weighted by atomic mass is 16.1. The number of rotatable bonds is 3. The van der Waals surface area contributed by atoms with Crippen LogP contribution in [0, 0.1) is 6.92 Å². The van der Waals surface area contributed by atoms with Gasteiger partial charge in [0.1, 0.15) is 18.0 Å². The zero-order valence-corrected chi connectivity index (χ0v) is 11.4. The molecule has 0 saturated heterocycles. The van der Waals surface area contributed by atoms with Gasteiger partial charge in [0.2, 0.25) is 0 Å². The molecule has 0 saturated carbocycles. The van der Waals surface area contributed by atoms with Crippen molar-refractivity contribution in [1.29, 1.82) is 0 Å². The maximum absolute atomic E-state index is 12.1. The molecule has 0 aliphatic carbocycles. The third-order valence-corrected chi connectivity index (χ3v) is 2.94. The largest absolute Gasteiger partial charge is 0.307 e. The van der Waals surface area contributed by atoms with Crippen molar-refractivity contribution in [3.05, 3.63) is 66.5 Å². The Balaban J connectivity index is 1.76. The number of carbonyl (C=O) groups is 1. The zero-order chi connectivity index (χ0) is 14.7. The van der Waals surface area contributed by atoms with Crippen molar-refractivity contribution in [2.24, 2.45) is 0 Å². The van der Waals surface area contributed by atoms with Gasteiger partial charge in [0.15, 0.2) is 0 Å². The van der Waals surface area contributed by atoms with E-state index in [0.29, 0.717) is 17.2 Å². The number of aromatic nitrogens is 4. The normalized spacial score (nSPS) is 10.3. The smallest absolute Gasteiger partial charge is 0.258 e. The number of nitrogens with one attached hydrogen (secondary N) is 1. The summed E-state index contributed by atoms with van der Waals surface area (Å²) in [6.45, 7) is 1.94. The Kier molecular flexibility index (Phi) is 3.42. The van der Waals surface area contributed by atoms with Gasteiger partial charge in [0.05, 0.1) is 5.56 Å². The van der Waals surface area contributed by atoms with Gasteiger partial charge in [-0.2, -0.15) is 0 Å². The van der Waals surface area contributed by atoms with Crippen LogP contribution in [0.15, 0.2) is 55.4 Å². The molecule has 0 bridgehead atoms. The number of pyridine rings is 2. The van der Waals surface area contributed by atoms with Crippen LogP contribution in [0.2, 0.25) is 0 Å². The standard InChI is InChI=1S/C15H13N5O/c1-11-4-5-17-13(8-11)19-15(21)12-2-3-14(18-9-12)20-7-6-16-10-20/h2-10H,1H3,(H,17,19,21). The fourth-order valence-corrected chi connectivity index (χ4v) is 1.86. The van der Waals surface area contributed by atoms with Crippen molar-refractivity contribution >= 4 is 11.7 Å². The van der Waals surface area contributed by atoms with E-state index in [4.69, 9.17) is 0 Å². The molecule has 0 unspecified atom stereocenters. The predicted octanol–water partition coefficient (Wildman–Crippen LogP) is 2.22. The summed E-state index contributed by atoms with van der Waals surface area (Å²) in [5, 5.41) is 2.74. The molecule has 3 aromatic rings. The molecule has 21 heavy (non-hydrogen) atoms. The molecule has 3 heterocycles. The van der Waals surface area contributed by atoms with E-state index >= 15 is 0 Å². The minimum absolute atomic E-state index is 0.238. The molecule has 0 radical (unpaired) electrons. The van der Waals surface area contributed by atoms with E-state index in [1.807, 2.05) is 19.1 Å². The molecule has 6 nitrogen and oxygen atoms in total. The molecule has 0 aromatic carbocycles. The van der Waals surface area contributed by atoms with Gasteiger partial charge >= 0.3 is 0 Å². The van der Waals surface area contributed by atoms with Gasteiger partial charge in [-0.3, -0.25) is 9.36 Å². The highest BCUT2D eigenvalue weighted by Crippen LogP contribution is 2.09. The van der Waals surface area contributed by atoms with Crippen molar-refractivity contribution < 1.29 is 4.79 Å². The summed E-state index contributed by atoms with van der Waals surface area (Å²) in [4.78, 5) is 24.4. The molecule has 0 fully saturated rings. The third-order valence-electron chi connectivity index (χ3n) is 2.94. The quantitative estimate of drug-likeness (QED) is 0.798. The molecular formula is C15H13N5O. The number of hydrogen-bond donors (Lipinski definition) is 1. The third kappa shape index (κ3) is 2.94. The molecule has 0 aliphatic heterocycles. The maximum atomic E-state index is 12.1. The van der Waals surface area contributed by atoms with E-state index in [9.17, 15) is 4.79 Å². The van der Waals surface area contributed by atoms with Crippen LogP contribution < -0.4 is 5.32 Å². The first kappa shape index (κ1) is 13.0. The SMILES string of the molecule is Cc1ccnc(NC(=O)c2ccc(-n3ccnc3)nc2)c1. The summed E-state index contributed by atoms with van der Waals surface area (Å²) in [7, 11) is 0. The zero-order valence-electron chi connectivity index (χ0n) is 11.4. The Morgan fingerprint density at radius 2 is 2.10 bits per heavy atom. The number of aryl methyl sites for hydroxylation is 1. The highest BCUT2D eigenvalue weighted by Gasteiger charge is 2.08. The Labute approximate surface area is 121 Å². The number of carbonyl (C=O) groups excluding carboxylic acids is 1. The van der Waals surface area contributed by atoms with E-state index in [1.165, 1.54) is 6.20 Å². The fourth-order valence-electron chi connectivity index (χ4n) is 1.86. The number of nitrogens with zero attached hydrogens (tertiary/aromatic N) is 4. The van der Waals surface area contributed by atoms with Crippen LogP contribution in [-0.2, 0) is 0 Å². The second-order valence-electron chi connectivity index (χ2n) is 4.55. The molecular weight excluding hydrogens is 266 g/mol. The topological polar surface area (TPSA) is 72.7 Å². The lowest BCUT2D eigenvalue weighted by atomic mass is 10.2. The molecule has 1 N–H and O–H groups in total. The van der Waals surface area contributed by atoms with Crippen molar-refractivity contribution in [3.8, 4) is 5.82 Å². The van der Waals surface area contributed by atoms with Gasteiger partial charge in [0.25, 0.3) is 5.91 Å². The highest BCUT2D eigenvalue weighted by molar-refractivity contribution is 6.03. The van der Waals surface area contributed by atoms with Crippen LogP contribution in [0.3, 0.4) is 0 Å². The summed E-state index contributed by atoms with van der Waals surface area (Å²) in [6.07, 6.45) is 8.30. The van der Waals surface area contributed by atoms with Gasteiger partial charge < -0.3 is 5.32 Å². The Morgan fingerprint density at radius 1 is 1.19 bits per heavy atom. The second kappa shape index (κ2) is 5.54. The van der Waals surface area contributed by atoms with Crippen molar-refractivity contribution in [3.63, 3.8) is 0 Å². The number of amides is 1. The van der Waals surface area contributed by atoms with Crippen molar-refractivity contribution in [2.45, 2.75) is 6.92 Å². The lowest BCUT2D eigenvalue weighted by Gasteiger charge is -2.06. The van der Waals surface area contributed by atoms with Crippen LogP contribution in [0.1, 0.15) is 15.9 Å². The lowest BCUT2D eigenvalue weighted by molar-refractivity contribution is 0.102. The molecule has 3 aromatic heterocycles.